The van der Waals surface area contributed by atoms with Crippen LogP contribution in [0, 0.1) is 6.92 Å². The fourth-order valence-corrected chi connectivity index (χ4v) is 3.20. The van der Waals surface area contributed by atoms with Crippen molar-refractivity contribution in [1.29, 1.82) is 0 Å². The van der Waals surface area contributed by atoms with Crippen molar-refractivity contribution in [3.05, 3.63) is 11.9 Å². The van der Waals surface area contributed by atoms with Gasteiger partial charge in [-0.2, -0.15) is 0 Å². The Morgan fingerprint density at radius 3 is 2.95 bits per heavy atom. The molecular formula is C13H22N6. The van der Waals surface area contributed by atoms with Crippen LogP contribution in [0.3, 0.4) is 0 Å². The summed E-state index contributed by atoms with van der Waals surface area (Å²) in [6, 6.07) is 2.63. The first kappa shape index (κ1) is 12.6. The van der Waals surface area contributed by atoms with Crippen LogP contribution in [0.5, 0.6) is 0 Å². The van der Waals surface area contributed by atoms with Gasteiger partial charge in [-0.05, 0) is 32.7 Å². The predicted molar refractivity (Wildman–Crippen MR) is 76.0 cm³/mol. The zero-order valence-corrected chi connectivity index (χ0v) is 11.5. The molecule has 0 amide bonds. The minimum absolute atomic E-state index is 0.687. The van der Waals surface area contributed by atoms with E-state index in [0.29, 0.717) is 11.9 Å². The lowest BCUT2D eigenvalue weighted by molar-refractivity contribution is 0.273. The molecule has 104 valence electrons. The summed E-state index contributed by atoms with van der Waals surface area (Å²) in [5, 5.41) is 0. The van der Waals surface area contributed by atoms with E-state index in [9.17, 15) is 0 Å². The summed E-state index contributed by atoms with van der Waals surface area (Å²) in [5.74, 6) is 7.91. The second-order valence-electron chi connectivity index (χ2n) is 5.43. The molecule has 6 heteroatoms. The minimum Gasteiger partial charge on any atom is -0.355 e. The number of nitrogens with zero attached hydrogens (tertiary/aromatic N) is 4. The Morgan fingerprint density at radius 2 is 2.11 bits per heavy atom. The number of fused-ring (bicyclic) bond motifs is 1. The number of hydrogen-bond donors (Lipinski definition) is 2. The number of aryl methyl sites for hydroxylation is 1. The highest BCUT2D eigenvalue weighted by molar-refractivity contribution is 5.49. The van der Waals surface area contributed by atoms with E-state index in [1.165, 1.54) is 32.4 Å². The summed E-state index contributed by atoms with van der Waals surface area (Å²) >= 11 is 0. The molecule has 2 aliphatic rings. The molecule has 1 unspecified atom stereocenters. The molecule has 3 heterocycles. The molecule has 0 radical (unpaired) electrons. The van der Waals surface area contributed by atoms with Crippen LogP contribution in [0.1, 0.15) is 25.1 Å². The third-order valence-corrected chi connectivity index (χ3v) is 4.10. The van der Waals surface area contributed by atoms with Gasteiger partial charge in [-0.25, -0.2) is 15.8 Å². The Hall–Kier alpha value is -1.40. The number of aromatic nitrogens is 2. The molecule has 19 heavy (non-hydrogen) atoms. The summed E-state index contributed by atoms with van der Waals surface area (Å²) in [5.41, 5.74) is 2.62. The summed E-state index contributed by atoms with van der Waals surface area (Å²) in [4.78, 5) is 13.8. The van der Waals surface area contributed by atoms with E-state index in [1.807, 2.05) is 13.0 Å². The smallest absolute Gasteiger partial charge is 0.145 e. The quantitative estimate of drug-likeness (QED) is 0.605. The van der Waals surface area contributed by atoms with E-state index in [-0.39, 0.29) is 0 Å². The number of nitrogen functional groups attached to an aromatic ring is 1. The minimum atomic E-state index is 0.687. The van der Waals surface area contributed by atoms with Crippen LogP contribution in [0.15, 0.2) is 6.07 Å². The Bertz CT molecular complexity index is 449. The van der Waals surface area contributed by atoms with Crippen LogP contribution in [0.4, 0.5) is 11.6 Å². The zero-order chi connectivity index (χ0) is 13.2. The van der Waals surface area contributed by atoms with Gasteiger partial charge in [0.05, 0.1) is 0 Å². The molecule has 0 spiro atoms. The fourth-order valence-electron chi connectivity index (χ4n) is 3.20. The van der Waals surface area contributed by atoms with Gasteiger partial charge in [0.2, 0.25) is 0 Å². The molecule has 1 atom stereocenters. The molecule has 6 nitrogen and oxygen atoms in total. The highest BCUT2D eigenvalue weighted by Gasteiger charge is 2.29. The number of hydrazine groups is 1. The van der Waals surface area contributed by atoms with Crippen molar-refractivity contribution in [2.75, 3.05) is 36.5 Å². The lowest BCUT2D eigenvalue weighted by atomic mass is 10.2. The number of rotatable bonds is 2. The van der Waals surface area contributed by atoms with E-state index >= 15 is 0 Å². The zero-order valence-electron chi connectivity index (χ0n) is 11.5. The van der Waals surface area contributed by atoms with E-state index in [2.05, 4.69) is 25.2 Å². The van der Waals surface area contributed by atoms with Crippen LogP contribution in [-0.2, 0) is 0 Å². The molecule has 0 saturated carbocycles. The molecule has 0 aromatic carbocycles. The summed E-state index contributed by atoms with van der Waals surface area (Å²) in [6.07, 6.45) is 3.84. The van der Waals surface area contributed by atoms with E-state index in [4.69, 9.17) is 5.84 Å². The van der Waals surface area contributed by atoms with Crippen molar-refractivity contribution in [2.24, 2.45) is 5.84 Å². The first-order chi connectivity index (χ1) is 9.26. The number of nitrogens with one attached hydrogen (secondary N) is 1. The van der Waals surface area contributed by atoms with Crippen molar-refractivity contribution in [1.82, 2.24) is 14.9 Å². The van der Waals surface area contributed by atoms with Gasteiger partial charge >= 0.3 is 0 Å². The van der Waals surface area contributed by atoms with Crippen LogP contribution in [-0.4, -0.2) is 47.1 Å². The molecule has 2 aliphatic heterocycles. The molecule has 1 aromatic heterocycles. The normalized spacial score (nSPS) is 24.1. The maximum atomic E-state index is 5.47. The molecule has 0 aliphatic carbocycles. The standard InChI is InChI=1S/C13H22N6/c1-10-15-12(17-14)8-13(16-10)19-7-3-6-18-5-2-4-11(18)9-19/h8,11H,2-7,9,14H2,1H3,(H,15,16,17). The Morgan fingerprint density at radius 1 is 1.26 bits per heavy atom. The lowest BCUT2D eigenvalue weighted by Gasteiger charge is -2.26. The van der Waals surface area contributed by atoms with E-state index in [1.54, 1.807) is 0 Å². The monoisotopic (exact) mass is 262 g/mol. The van der Waals surface area contributed by atoms with Gasteiger partial charge in [0.15, 0.2) is 0 Å². The van der Waals surface area contributed by atoms with Crippen LogP contribution in [0.25, 0.3) is 0 Å². The maximum Gasteiger partial charge on any atom is 0.145 e. The highest BCUT2D eigenvalue weighted by atomic mass is 15.3. The largest absolute Gasteiger partial charge is 0.355 e. The molecule has 3 rings (SSSR count). The van der Waals surface area contributed by atoms with E-state index in [0.717, 1.165) is 24.7 Å². The molecule has 3 N–H and O–H groups in total. The second kappa shape index (κ2) is 5.30. The van der Waals surface area contributed by atoms with Crippen molar-refractivity contribution in [2.45, 2.75) is 32.2 Å². The van der Waals surface area contributed by atoms with Gasteiger partial charge < -0.3 is 10.3 Å². The average Bonchev–Trinajstić information content (AvgIpc) is 2.75. The van der Waals surface area contributed by atoms with Crippen LogP contribution < -0.4 is 16.2 Å². The van der Waals surface area contributed by atoms with Gasteiger partial charge in [-0.15, -0.1) is 0 Å². The van der Waals surface area contributed by atoms with Gasteiger partial charge in [0.1, 0.15) is 17.5 Å². The number of anilines is 2. The van der Waals surface area contributed by atoms with Crippen molar-refractivity contribution in [3.8, 4) is 0 Å². The highest BCUT2D eigenvalue weighted by Crippen LogP contribution is 2.24. The number of hydrogen-bond acceptors (Lipinski definition) is 6. The lowest BCUT2D eigenvalue weighted by Crippen LogP contribution is -2.37. The van der Waals surface area contributed by atoms with Crippen molar-refractivity contribution < 1.29 is 0 Å². The van der Waals surface area contributed by atoms with Crippen molar-refractivity contribution in [3.63, 3.8) is 0 Å². The Balaban J connectivity index is 1.82. The summed E-state index contributed by atoms with van der Waals surface area (Å²) in [7, 11) is 0. The van der Waals surface area contributed by atoms with Crippen molar-refractivity contribution >= 4 is 11.6 Å². The fraction of sp³-hybridized carbons (Fsp3) is 0.692. The SMILES string of the molecule is Cc1nc(NN)cc(N2CCCN3CCCC3C2)n1. The summed E-state index contributed by atoms with van der Waals surface area (Å²) < 4.78 is 0. The van der Waals surface area contributed by atoms with Gasteiger partial charge in [-0.3, -0.25) is 4.90 Å². The molecular weight excluding hydrogens is 240 g/mol. The first-order valence-corrected chi connectivity index (χ1v) is 7.07. The topological polar surface area (TPSA) is 70.3 Å². The average molecular weight is 262 g/mol. The van der Waals surface area contributed by atoms with Gasteiger partial charge in [0, 0.05) is 31.7 Å². The third kappa shape index (κ3) is 2.64. The molecule has 0 bridgehead atoms. The van der Waals surface area contributed by atoms with Gasteiger partial charge in [-0.1, -0.05) is 0 Å². The maximum absolute atomic E-state index is 5.47. The van der Waals surface area contributed by atoms with Gasteiger partial charge in [0.25, 0.3) is 0 Å². The molecule has 1 aromatic rings. The number of nitrogens with two attached hydrogens (primary N) is 1. The van der Waals surface area contributed by atoms with E-state index < -0.39 is 0 Å². The first-order valence-electron chi connectivity index (χ1n) is 7.07. The Labute approximate surface area is 114 Å². The Kier molecular flexibility index (Phi) is 3.52. The third-order valence-electron chi connectivity index (χ3n) is 4.10. The summed E-state index contributed by atoms with van der Waals surface area (Å²) in [6.45, 7) is 6.52. The van der Waals surface area contributed by atoms with Crippen LogP contribution in [0.2, 0.25) is 0 Å². The second-order valence-corrected chi connectivity index (χ2v) is 5.43. The molecule has 2 fully saturated rings. The predicted octanol–water partition coefficient (Wildman–Crippen LogP) is 0.745. The molecule has 2 saturated heterocycles. The van der Waals surface area contributed by atoms with Crippen LogP contribution >= 0.6 is 0 Å².